The van der Waals surface area contributed by atoms with Gasteiger partial charge in [-0.1, -0.05) is 6.92 Å². The van der Waals surface area contributed by atoms with Crippen molar-refractivity contribution in [2.24, 2.45) is 0 Å². The Kier molecular flexibility index (Phi) is 3.22. The van der Waals surface area contributed by atoms with Crippen LogP contribution in [0.15, 0.2) is 18.2 Å². The first-order valence-electron chi connectivity index (χ1n) is 5.62. The lowest BCUT2D eigenvalue weighted by molar-refractivity contribution is 0.515. The Morgan fingerprint density at radius 2 is 2.06 bits per heavy atom. The predicted molar refractivity (Wildman–Crippen MR) is 65.2 cm³/mol. The average Bonchev–Trinajstić information content (AvgIpc) is 2.31. The zero-order valence-electron chi connectivity index (χ0n) is 9.85. The molecule has 1 N–H and O–H groups in total. The predicted octanol–water partition coefficient (Wildman–Crippen LogP) is 3.64. The molecule has 1 heterocycles. The van der Waals surface area contributed by atoms with Crippen LogP contribution in [0.3, 0.4) is 0 Å². The highest BCUT2D eigenvalue weighted by Gasteiger charge is 2.11. The van der Waals surface area contributed by atoms with Crippen LogP contribution >= 0.6 is 0 Å². The standard InChI is InChI=1S/C13H14F2N2/c1-3-6-16-11-7-8(2)17-13-9(11)4-5-10(14)12(13)15/h4-5,7H,3,6H2,1-2H3,(H,16,17). The van der Waals surface area contributed by atoms with Crippen molar-refractivity contribution in [3.8, 4) is 0 Å². The van der Waals surface area contributed by atoms with Crippen LogP contribution in [-0.4, -0.2) is 11.5 Å². The van der Waals surface area contributed by atoms with Gasteiger partial charge in [-0.2, -0.15) is 0 Å². The van der Waals surface area contributed by atoms with Gasteiger partial charge < -0.3 is 5.32 Å². The minimum absolute atomic E-state index is 0.0867. The molecule has 1 aromatic heterocycles. The molecule has 0 fully saturated rings. The van der Waals surface area contributed by atoms with E-state index in [4.69, 9.17) is 0 Å². The van der Waals surface area contributed by atoms with E-state index in [0.29, 0.717) is 11.1 Å². The highest BCUT2D eigenvalue weighted by Crippen LogP contribution is 2.26. The van der Waals surface area contributed by atoms with Gasteiger partial charge in [0.05, 0.1) is 0 Å². The minimum atomic E-state index is -0.884. The van der Waals surface area contributed by atoms with Crippen LogP contribution in [0.4, 0.5) is 14.5 Å². The maximum absolute atomic E-state index is 13.6. The first kappa shape index (κ1) is 11.8. The van der Waals surface area contributed by atoms with Gasteiger partial charge in [0.25, 0.3) is 0 Å². The highest BCUT2D eigenvalue weighted by atomic mass is 19.2. The number of nitrogens with one attached hydrogen (secondary N) is 1. The molecular formula is C13H14F2N2. The number of nitrogens with zero attached hydrogens (tertiary/aromatic N) is 1. The number of fused-ring (bicyclic) bond motifs is 1. The number of pyridine rings is 1. The topological polar surface area (TPSA) is 24.9 Å². The van der Waals surface area contributed by atoms with E-state index in [1.54, 1.807) is 13.0 Å². The molecule has 0 aliphatic rings. The fraction of sp³-hybridized carbons (Fsp3) is 0.308. The van der Waals surface area contributed by atoms with E-state index in [2.05, 4.69) is 10.3 Å². The van der Waals surface area contributed by atoms with Gasteiger partial charge in [0, 0.05) is 23.3 Å². The Morgan fingerprint density at radius 3 is 2.76 bits per heavy atom. The molecule has 1 aromatic carbocycles. The molecule has 90 valence electrons. The largest absolute Gasteiger partial charge is 0.384 e. The van der Waals surface area contributed by atoms with Crippen LogP contribution in [-0.2, 0) is 0 Å². The van der Waals surface area contributed by atoms with Crippen molar-refractivity contribution in [2.75, 3.05) is 11.9 Å². The monoisotopic (exact) mass is 236 g/mol. The van der Waals surface area contributed by atoms with E-state index in [1.165, 1.54) is 0 Å². The Hall–Kier alpha value is -1.71. The van der Waals surface area contributed by atoms with Gasteiger partial charge in [0.2, 0.25) is 0 Å². The summed E-state index contributed by atoms with van der Waals surface area (Å²) < 4.78 is 26.7. The lowest BCUT2D eigenvalue weighted by atomic mass is 10.1. The van der Waals surface area contributed by atoms with Gasteiger partial charge >= 0.3 is 0 Å². The number of aryl methyl sites for hydroxylation is 1. The molecule has 2 rings (SSSR count). The van der Waals surface area contributed by atoms with Crippen molar-refractivity contribution < 1.29 is 8.78 Å². The lowest BCUT2D eigenvalue weighted by Crippen LogP contribution is -2.02. The van der Waals surface area contributed by atoms with E-state index in [1.807, 2.05) is 13.0 Å². The quantitative estimate of drug-likeness (QED) is 0.880. The number of aromatic nitrogens is 1. The summed E-state index contributed by atoms with van der Waals surface area (Å²) in [5.41, 5.74) is 1.55. The number of hydrogen-bond acceptors (Lipinski definition) is 2. The maximum Gasteiger partial charge on any atom is 0.185 e. The summed E-state index contributed by atoms with van der Waals surface area (Å²) in [7, 11) is 0. The molecule has 0 saturated heterocycles. The van der Waals surface area contributed by atoms with Gasteiger partial charge in [0.1, 0.15) is 5.52 Å². The third-order valence-electron chi connectivity index (χ3n) is 2.57. The fourth-order valence-corrected chi connectivity index (χ4v) is 1.77. The van der Waals surface area contributed by atoms with Crippen LogP contribution in [0.1, 0.15) is 19.0 Å². The number of anilines is 1. The third-order valence-corrected chi connectivity index (χ3v) is 2.57. The SMILES string of the molecule is CCCNc1cc(C)nc2c(F)c(F)ccc12. The van der Waals surface area contributed by atoms with Crippen molar-refractivity contribution in [3.05, 3.63) is 35.5 Å². The molecule has 0 aliphatic heterocycles. The number of halogens is 2. The van der Waals surface area contributed by atoms with Gasteiger partial charge in [-0.15, -0.1) is 0 Å². The van der Waals surface area contributed by atoms with Gasteiger partial charge in [-0.25, -0.2) is 13.8 Å². The molecule has 0 unspecified atom stereocenters. The van der Waals surface area contributed by atoms with Crippen molar-refractivity contribution in [3.63, 3.8) is 0 Å². The van der Waals surface area contributed by atoms with Crippen LogP contribution in [0.25, 0.3) is 10.9 Å². The summed E-state index contributed by atoms with van der Waals surface area (Å²) in [5, 5.41) is 3.81. The van der Waals surface area contributed by atoms with Gasteiger partial charge in [-0.05, 0) is 31.5 Å². The van der Waals surface area contributed by atoms with Crippen LogP contribution in [0, 0.1) is 18.6 Å². The molecule has 0 aliphatic carbocycles. The van der Waals surface area contributed by atoms with Crippen molar-refractivity contribution >= 4 is 16.6 Å². The van der Waals surface area contributed by atoms with Crippen molar-refractivity contribution in [1.82, 2.24) is 4.98 Å². The average molecular weight is 236 g/mol. The third kappa shape index (κ3) is 2.20. The molecule has 0 bridgehead atoms. The summed E-state index contributed by atoms with van der Waals surface area (Å²) in [6.45, 7) is 4.60. The highest BCUT2D eigenvalue weighted by molar-refractivity contribution is 5.91. The summed E-state index contributed by atoms with van der Waals surface area (Å²) in [6, 6.07) is 4.53. The zero-order valence-corrected chi connectivity index (χ0v) is 9.85. The van der Waals surface area contributed by atoms with Gasteiger partial charge in [0.15, 0.2) is 11.6 Å². The van der Waals surface area contributed by atoms with Crippen LogP contribution in [0.5, 0.6) is 0 Å². The van der Waals surface area contributed by atoms with E-state index in [9.17, 15) is 8.78 Å². The molecule has 0 radical (unpaired) electrons. The second-order valence-corrected chi connectivity index (χ2v) is 4.00. The first-order valence-corrected chi connectivity index (χ1v) is 5.62. The van der Waals surface area contributed by atoms with Crippen molar-refractivity contribution in [2.45, 2.75) is 20.3 Å². The Morgan fingerprint density at radius 1 is 1.29 bits per heavy atom. The summed E-state index contributed by atoms with van der Waals surface area (Å²) in [5.74, 6) is -1.75. The summed E-state index contributed by atoms with van der Waals surface area (Å²) >= 11 is 0. The summed E-state index contributed by atoms with van der Waals surface area (Å²) in [6.07, 6.45) is 0.965. The molecule has 17 heavy (non-hydrogen) atoms. The molecule has 4 heteroatoms. The van der Waals surface area contributed by atoms with E-state index in [-0.39, 0.29) is 5.52 Å². The fourth-order valence-electron chi connectivity index (χ4n) is 1.77. The molecule has 0 atom stereocenters. The molecule has 0 saturated carbocycles. The molecule has 2 nitrogen and oxygen atoms in total. The Bertz CT molecular complexity index is 553. The Balaban J connectivity index is 2.64. The molecule has 0 spiro atoms. The second-order valence-electron chi connectivity index (χ2n) is 4.00. The molecular weight excluding hydrogens is 222 g/mol. The first-order chi connectivity index (χ1) is 8.13. The van der Waals surface area contributed by atoms with E-state index < -0.39 is 11.6 Å². The molecule has 2 aromatic rings. The van der Waals surface area contributed by atoms with Crippen molar-refractivity contribution in [1.29, 1.82) is 0 Å². The van der Waals surface area contributed by atoms with E-state index >= 15 is 0 Å². The smallest absolute Gasteiger partial charge is 0.185 e. The zero-order chi connectivity index (χ0) is 12.4. The van der Waals surface area contributed by atoms with E-state index in [0.717, 1.165) is 24.7 Å². The molecule has 0 amide bonds. The van der Waals surface area contributed by atoms with Crippen LogP contribution in [0.2, 0.25) is 0 Å². The summed E-state index contributed by atoms with van der Waals surface area (Å²) in [4.78, 5) is 4.05. The Labute approximate surface area is 98.7 Å². The second kappa shape index (κ2) is 4.65. The normalized spacial score (nSPS) is 10.8. The lowest BCUT2D eigenvalue weighted by Gasteiger charge is -2.10. The minimum Gasteiger partial charge on any atom is -0.384 e. The number of rotatable bonds is 3. The number of hydrogen-bond donors (Lipinski definition) is 1. The van der Waals surface area contributed by atoms with Gasteiger partial charge in [-0.3, -0.25) is 0 Å². The maximum atomic E-state index is 13.6. The van der Waals surface area contributed by atoms with Crippen LogP contribution < -0.4 is 5.32 Å². The number of benzene rings is 1.